The predicted octanol–water partition coefficient (Wildman–Crippen LogP) is 7.51. The second-order valence-electron chi connectivity index (χ2n) is 10.0. The molecule has 0 bridgehead atoms. The average molecular weight is 575 g/mol. The summed E-state index contributed by atoms with van der Waals surface area (Å²) in [7, 11) is 0. The van der Waals surface area contributed by atoms with Crippen LogP contribution < -0.4 is 9.47 Å². The van der Waals surface area contributed by atoms with Crippen LogP contribution in [0.25, 0.3) is 22.3 Å². The zero-order valence-electron chi connectivity index (χ0n) is 24.0. The Kier molecular flexibility index (Phi) is 9.70. The highest BCUT2D eigenvalue weighted by Crippen LogP contribution is 2.51. The summed E-state index contributed by atoms with van der Waals surface area (Å²) in [5, 5.41) is 0. The summed E-state index contributed by atoms with van der Waals surface area (Å²) in [6.45, 7) is 8.28. The maximum absolute atomic E-state index is 11.2. The van der Waals surface area contributed by atoms with Gasteiger partial charge in [0.15, 0.2) is 0 Å². The molecule has 0 aromatic heterocycles. The van der Waals surface area contributed by atoms with Gasteiger partial charge in [-0.05, 0) is 63.2 Å². The molecule has 0 spiro atoms. The van der Waals surface area contributed by atoms with E-state index in [1.807, 2.05) is 24.3 Å². The molecule has 6 nitrogen and oxygen atoms in total. The normalized spacial score (nSPS) is 12.9. The molecule has 4 aromatic carbocycles. The number of carbonyl (C=O) groups excluding carboxylic acids is 2. The van der Waals surface area contributed by atoms with Crippen molar-refractivity contribution in [3.05, 3.63) is 133 Å². The van der Waals surface area contributed by atoms with Gasteiger partial charge in [-0.3, -0.25) is 0 Å². The van der Waals surface area contributed by atoms with Gasteiger partial charge in [-0.15, -0.1) is 0 Å². The van der Waals surface area contributed by atoms with Gasteiger partial charge in [-0.25, -0.2) is 9.59 Å². The molecule has 1 unspecified atom stereocenters. The van der Waals surface area contributed by atoms with E-state index in [9.17, 15) is 9.59 Å². The van der Waals surface area contributed by atoms with Crippen molar-refractivity contribution in [1.29, 1.82) is 0 Å². The lowest BCUT2D eigenvalue weighted by molar-refractivity contribution is -0.138. The average Bonchev–Trinajstić information content (AvgIpc) is 3.39. The van der Waals surface area contributed by atoms with E-state index in [0.717, 1.165) is 29.2 Å². The first-order valence-electron chi connectivity index (χ1n) is 14.4. The van der Waals surface area contributed by atoms with Crippen molar-refractivity contribution in [2.75, 3.05) is 26.4 Å². The van der Waals surface area contributed by atoms with Gasteiger partial charge in [0.25, 0.3) is 0 Å². The Morgan fingerprint density at radius 1 is 0.605 bits per heavy atom. The third-order valence-corrected chi connectivity index (χ3v) is 7.27. The monoisotopic (exact) mass is 574 g/mol. The molecule has 0 aliphatic heterocycles. The fraction of sp³-hybridized carbons (Fsp3) is 0.189. The van der Waals surface area contributed by atoms with Crippen LogP contribution in [0.4, 0.5) is 0 Å². The molecule has 6 heteroatoms. The van der Waals surface area contributed by atoms with Gasteiger partial charge in [0.05, 0.1) is 26.4 Å². The van der Waals surface area contributed by atoms with Crippen molar-refractivity contribution in [2.45, 2.75) is 18.8 Å². The maximum atomic E-state index is 11.2. The van der Waals surface area contributed by atoms with Crippen LogP contribution in [-0.4, -0.2) is 38.4 Å². The van der Waals surface area contributed by atoms with Gasteiger partial charge in [-0.1, -0.05) is 79.9 Å². The number of hydrogen-bond acceptors (Lipinski definition) is 6. The minimum atomic E-state index is -0.426. The fourth-order valence-corrected chi connectivity index (χ4v) is 5.31. The Bertz CT molecular complexity index is 1590. The molecular weight excluding hydrogens is 540 g/mol. The van der Waals surface area contributed by atoms with Crippen LogP contribution in [0.3, 0.4) is 0 Å². The fourth-order valence-electron chi connectivity index (χ4n) is 5.31. The van der Waals surface area contributed by atoms with Crippen molar-refractivity contribution < 1.29 is 28.5 Å². The van der Waals surface area contributed by atoms with E-state index in [1.165, 1.54) is 33.4 Å². The molecule has 0 saturated carbocycles. The summed E-state index contributed by atoms with van der Waals surface area (Å²) in [4.78, 5) is 22.4. The molecule has 4 aromatic rings. The Labute approximate surface area is 252 Å². The molecule has 1 aliphatic rings. The number of carbonyl (C=O) groups is 2. The van der Waals surface area contributed by atoms with Crippen LogP contribution in [0.5, 0.6) is 11.5 Å². The summed E-state index contributed by atoms with van der Waals surface area (Å²) in [6.07, 6.45) is 3.51. The number of hydrogen-bond donors (Lipinski definition) is 0. The highest BCUT2D eigenvalue weighted by molar-refractivity contribution is 5.88. The van der Waals surface area contributed by atoms with Crippen molar-refractivity contribution in [2.24, 2.45) is 0 Å². The highest BCUT2D eigenvalue weighted by atomic mass is 16.5. The quantitative estimate of drug-likeness (QED) is 0.0777. The van der Waals surface area contributed by atoms with Gasteiger partial charge >= 0.3 is 11.9 Å². The number of fused-ring (bicyclic) bond motifs is 3. The van der Waals surface area contributed by atoms with Gasteiger partial charge in [-0.2, -0.15) is 0 Å². The summed E-state index contributed by atoms with van der Waals surface area (Å²) in [5.74, 6) is 0.758. The number of rotatable bonds is 14. The predicted molar refractivity (Wildman–Crippen MR) is 167 cm³/mol. The van der Waals surface area contributed by atoms with Gasteiger partial charge < -0.3 is 18.9 Å². The second-order valence-corrected chi connectivity index (χ2v) is 10.0. The highest BCUT2D eigenvalue weighted by Gasteiger charge is 2.32. The summed E-state index contributed by atoms with van der Waals surface area (Å²) >= 11 is 0. The Hall–Kier alpha value is -5.10. The van der Waals surface area contributed by atoms with Crippen LogP contribution in [0, 0.1) is 0 Å². The minimum absolute atomic E-state index is 0.0731. The van der Waals surface area contributed by atoms with E-state index < -0.39 is 11.9 Å². The molecule has 43 heavy (non-hydrogen) atoms. The van der Waals surface area contributed by atoms with Crippen molar-refractivity contribution in [3.63, 3.8) is 0 Å². The zero-order chi connectivity index (χ0) is 30.0. The molecular formula is C37H34O6. The van der Waals surface area contributed by atoms with Crippen molar-refractivity contribution in [1.82, 2.24) is 0 Å². The standard InChI is InChI=1S/C37H34O6/c1-3-34(38)42-24-8-22-40-28-18-14-26(15-19-28)30-12-7-13-33-31-10-5-6-11-32(31)36(37(30)33)27-16-20-29(21-17-27)41-23-9-25-43-35(39)4-2/h3-7,10-21,36H,1-2,8-9,22-25H2. The van der Waals surface area contributed by atoms with Gasteiger partial charge in [0.2, 0.25) is 0 Å². The Morgan fingerprint density at radius 3 is 1.74 bits per heavy atom. The lowest BCUT2D eigenvalue weighted by Crippen LogP contribution is -2.07. The van der Waals surface area contributed by atoms with E-state index in [2.05, 4.69) is 79.9 Å². The smallest absolute Gasteiger partial charge is 0.330 e. The first-order valence-corrected chi connectivity index (χ1v) is 14.4. The summed E-state index contributed by atoms with van der Waals surface area (Å²) < 4.78 is 21.8. The van der Waals surface area contributed by atoms with Gasteiger partial charge in [0.1, 0.15) is 11.5 Å². The molecule has 218 valence electrons. The van der Waals surface area contributed by atoms with Crippen LogP contribution in [0.1, 0.15) is 35.4 Å². The van der Waals surface area contributed by atoms with Crippen molar-refractivity contribution >= 4 is 11.9 Å². The molecule has 0 N–H and O–H groups in total. The number of ether oxygens (including phenoxy) is 4. The first kappa shape index (κ1) is 29.4. The van der Waals surface area contributed by atoms with E-state index in [1.54, 1.807) is 0 Å². The van der Waals surface area contributed by atoms with E-state index >= 15 is 0 Å². The lowest BCUT2D eigenvalue weighted by Gasteiger charge is -2.19. The Morgan fingerprint density at radius 2 is 1.14 bits per heavy atom. The second kappa shape index (κ2) is 14.2. The van der Waals surface area contributed by atoms with Crippen LogP contribution in [0.15, 0.2) is 116 Å². The number of esters is 2. The molecule has 0 fully saturated rings. The third kappa shape index (κ3) is 7.04. The van der Waals surface area contributed by atoms with Crippen molar-refractivity contribution in [3.8, 4) is 33.8 Å². The zero-order valence-corrected chi connectivity index (χ0v) is 24.0. The van der Waals surface area contributed by atoms with Crippen LogP contribution in [-0.2, 0) is 19.1 Å². The lowest BCUT2D eigenvalue weighted by atomic mass is 9.85. The molecule has 5 rings (SSSR count). The van der Waals surface area contributed by atoms with E-state index in [-0.39, 0.29) is 5.92 Å². The molecule has 0 amide bonds. The topological polar surface area (TPSA) is 71.1 Å². The summed E-state index contributed by atoms with van der Waals surface area (Å²) in [5.41, 5.74) is 8.51. The SMILES string of the molecule is C=CC(=O)OCCCOc1ccc(-c2cccc3c2C(c2ccc(OCCCOC(=O)C=C)cc2)c2ccccc2-3)cc1. The summed E-state index contributed by atoms with van der Waals surface area (Å²) in [6, 6.07) is 31.5. The minimum Gasteiger partial charge on any atom is -0.493 e. The van der Waals surface area contributed by atoms with Gasteiger partial charge in [0, 0.05) is 30.9 Å². The van der Waals surface area contributed by atoms with Crippen LogP contribution >= 0.6 is 0 Å². The third-order valence-electron chi connectivity index (χ3n) is 7.27. The number of benzene rings is 4. The Balaban J connectivity index is 1.32. The molecule has 0 heterocycles. The maximum Gasteiger partial charge on any atom is 0.330 e. The molecule has 0 saturated heterocycles. The molecule has 1 aliphatic carbocycles. The first-order chi connectivity index (χ1) is 21.1. The van der Waals surface area contributed by atoms with E-state index in [0.29, 0.717) is 39.3 Å². The molecule has 0 radical (unpaired) electrons. The van der Waals surface area contributed by atoms with E-state index in [4.69, 9.17) is 18.9 Å². The van der Waals surface area contributed by atoms with Crippen LogP contribution in [0.2, 0.25) is 0 Å². The largest absolute Gasteiger partial charge is 0.493 e. The molecule has 1 atom stereocenters.